The number of unbranched alkanes of at least 4 members (excludes halogenated alkanes) is 2. The van der Waals surface area contributed by atoms with Gasteiger partial charge in [0.15, 0.2) is 12.6 Å². The van der Waals surface area contributed by atoms with Crippen molar-refractivity contribution in [2.45, 2.75) is 65.0 Å². The minimum atomic E-state index is -0.135. The Morgan fingerprint density at radius 3 is 1.47 bits per heavy atom. The first-order valence-electron chi connectivity index (χ1n) is 7.29. The molecule has 0 aromatic carbocycles. The van der Waals surface area contributed by atoms with Crippen LogP contribution in [-0.2, 0) is 14.2 Å². The zero-order chi connectivity index (χ0) is 14.3. The standard InChI is InChI=1S/C14H28Br2O3/c1-3-17-13(9-5-7-11-15)19-14(18-4-2)10-6-8-12-16/h13-14H,3-12H2,1-2H3. The lowest BCUT2D eigenvalue weighted by atomic mass is 10.2. The fourth-order valence-electron chi connectivity index (χ4n) is 1.73. The van der Waals surface area contributed by atoms with Crippen LogP contribution in [0, 0.1) is 0 Å². The summed E-state index contributed by atoms with van der Waals surface area (Å²) in [5.74, 6) is 0. The molecule has 116 valence electrons. The lowest BCUT2D eigenvalue weighted by Gasteiger charge is -2.24. The van der Waals surface area contributed by atoms with Crippen molar-refractivity contribution in [3.8, 4) is 0 Å². The molecule has 0 amide bonds. The molecule has 0 aliphatic carbocycles. The molecule has 5 heteroatoms. The Labute approximate surface area is 135 Å². The summed E-state index contributed by atoms with van der Waals surface area (Å²) in [5, 5.41) is 2.07. The Kier molecular flexibility index (Phi) is 15.9. The van der Waals surface area contributed by atoms with Crippen LogP contribution in [0.1, 0.15) is 52.4 Å². The van der Waals surface area contributed by atoms with Crippen LogP contribution in [0.15, 0.2) is 0 Å². The first-order valence-corrected chi connectivity index (χ1v) is 9.53. The zero-order valence-electron chi connectivity index (χ0n) is 12.2. The second kappa shape index (κ2) is 15.2. The van der Waals surface area contributed by atoms with E-state index in [9.17, 15) is 0 Å². The van der Waals surface area contributed by atoms with Crippen LogP contribution in [0.25, 0.3) is 0 Å². The van der Waals surface area contributed by atoms with E-state index in [1.54, 1.807) is 0 Å². The summed E-state index contributed by atoms with van der Waals surface area (Å²) in [6, 6.07) is 0. The molecule has 0 aliphatic heterocycles. The fourth-order valence-corrected chi connectivity index (χ4v) is 2.53. The minimum Gasteiger partial charge on any atom is -0.353 e. The molecule has 0 heterocycles. The van der Waals surface area contributed by atoms with Crippen LogP contribution in [0.3, 0.4) is 0 Å². The molecule has 0 aromatic heterocycles. The van der Waals surface area contributed by atoms with E-state index in [0.29, 0.717) is 13.2 Å². The smallest absolute Gasteiger partial charge is 0.160 e. The quantitative estimate of drug-likeness (QED) is 0.235. The highest BCUT2D eigenvalue weighted by Gasteiger charge is 2.16. The van der Waals surface area contributed by atoms with Crippen molar-refractivity contribution in [1.82, 2.24) is 0 Å². The molecule has 0 radical (unpaired) electrons. The largest absolute Gasteiger partial charge is 0.353 e. The van der Waals surface area contributed by atoms with Gasteiger partial charge in [-0.05, 0) is 52.4 Å². The number of ether oxygens (including phenoxy) is 3. The van der Waals surface area contributed by atoms with Gasteiger partial charge in [-0.15, -0.1) is 0 Å². The van der Waals surface area contributed by atoms with Gasteiger partial charge in [0, 0.05) is 23.9 Å². The molecular formula is C14H28Br2O3. The van der Waals surface area contributed by atoms with Gasteiger partial charge in [-0.3, -0.25) is 0 Å². The summed E-state index contributed by atoms with van der Waals surface area (Å²) < 4.78 is 17.2. The lowest BCUT2D eigenvalue weighted by Crippen LogP contribution is -2.27. The van der Waals surface area contributed by atoms with Crippen LogP contribution < -0.4 is 0 Å². The molecule has 0 rings (SSSR count). The van der Waals surface area contributed by atoms with E-state index in [2.05, 4.69) is 31.9 Å². The topological polar surface area (TPSA) is 27.7 Å². The van der Waals surface area contributed by atoms with Gasteiger partial charge in [0.05, 0.1) is 0 Å². The Balaban J connectivity index is 4.05. The Morgan fingerprint density at radius 2 is 1.16 bits per heavy atom. The number of halogens is 2. The van der Waals surface area contributed by atoms with E-state index in [1.807, 2.05) is 13.8 Å². The highest BCUT2D eigenvalue weighted by Crippen LogP contribution is 2.15. The maximum Gasteiger partial charge on any atom is 0.160 e. The molecule has 0 saturated heterocycles. The first-order chi connectivity index (χ1) is 9.28. The third-order valence-electron chi connectivity index (χ3n) is 2.66. The van der Waals surface area contributed by atoms with Gasteiger partial charge in [-0.25, -0.2) is 0 Å². The number of hydrogen-bond acceptors (Lipinski definition) is 3. The highest BCUT2D eigenvalue weighted by atomic mass is 79.9. The van der Waals surface area contributed by atoms with Crippen LogP contribution >= 0.6 is 31.9 Å². The summed E-state index contributed by atoms with van der Waals surface area (Å²) in [4.78, 5) is 0. The third kappa shape index (κ3) is 12.3. The Morgan fingerprint density at radius 1 is 0.737 bits per heavy atom. The highest BCUT2D eigenvalue weighted by molar-refractivity contribution is 9.09. The van der Waals surface area contributed by atoms with Gasteiger partial charge in [0.2, 0.25) is 0 Å². The molecule has 3 nitrogen and oxygen atoms in total. The van der Waals surface area contributed by atoms with E-state index in [1.165, 1.54) is 0 Å². The molecule has 19 heavy (non-hydrogen) atoms. The van der Waals surface area contributed by atoms with Gasteiger partial charge in [0.1, 0.15) is 0 Å². The van der Waals surface area contributed by atoms with Crippen LogP contribution in [0.5, 0.6) is 0 Å². The van der Waals surface area contributed by atoms with Crippen molar-refractivity contribution in [3.05, 3.63) is 0 Å². The zero-order valence-corrected chi connectivity index (χ0v) is 15.4. The van der Waals surface area contributed by atoms with E-state index in [-0.39, 0.29) is 12.6 Å². The van der Waals surface area contributed by atoms with Gasteiger partial charge in [0.25, 0.3) is 0 Å². The number of hydrogen-bond donors (Lipinski definition) is 0. The second-order valence-corrected chi connectivity index (χ2v) is 5.86. The molecule has 0 spiro atoms. The molecular weight excluding hydrogens is 376 g/mol. The fraction of sp³-hybridized carbons (Fsp3) is 1.00. The lowest BCUT2D eigenvalue weighted by molar-refractivity contribution is -0.247. The van der Waals surface area contributed by atoms with E-state index in [4.69, 9.17) is 14.2 Å². The molecule has 2 unspecified atom stereocenters. The predicted molar refractivity (Wildman–Crippen MR) is 87.2 cm³/mol. The molecule has 0 aliphatic rings. The van der Waals surface area contributed by atoms with Crippen LogP contribution in [-0.4, -0.2) is 36.5 Å². The van der Waals surface area contributed by atoms with Gasteiger partial charge in [-0.1, -0.05) is 31.9 Å². The Hall–Kier alpha value is 0.840. The van der Waals surface area contributed by atoms with Crippen molar-refractivity contribution in [2.24, 2.45) is 0 Å². The summed E-state index contributed by atoms with van der Waals surface area (Å²) in [6.07, 6.45) is 6.11. The van der Waals surface area contributed by atoms with Gasteiger partial charge < -0.3 is 14.2 Å². The average molecular weight is 404 g/mol. The van der Waals surface area contributed by atoms with Crippen molar-refractivity contribution in [3.63, 3.8) is 0 Å². The van der Waals surface area contributed by atoms with E-state index >= 15 is 0 Å². The Bertz CT molecular complexity index is 164. The minimum absolute atomic E-state index is 0.135. The molecule has 0 fully saturated rings. The monoisotopic (exact) mass is 402 g/mol. The molecule has 0 N–H and O–H groups in total. The average Bonchev–Trinajstić information content (AvgIpc) is 2.39. The van der Waals surface area contributed by atoms with Crippen molar-refractivity contribution in [2.75, 3.05) is 23.9 Å². The van der Waals surface area contributed by atoms with Crippen LogP contribution in [0.2, 0.25) is 0 Å². The summed E-state index contributed by atoms with van der Waals surface area (Å²) in [6.45, 7) is 5.36. The normalized spacial score (nSPS) is 14.5. The van der Waals surface area contributed by atoms with Gasteiger partial charge >= 0.3 is 0 Å². The predicted octanol–water partition coefficient (Wildman–Crippen LogP) is 4.86. The second-order valence-electron chi connectivity index (χ2n) is 4.28. The first kappa shape index (κ1) is 19.8. The number of alkyl halides is 2. The van der Waals surface area contributed by atoms with Crippen LogP contribution in [0.4, 0.5) is 0 Å². The third-order valence-corrected chi connectivity index (χ3v) is 3.78. The maximum atomic E-state index is 5.95. The molecule has 0 bridgehead atoms. The summed E-state index contributed by atoms with van der Waals surface area (Å²) in [5.41, 5.74) is 0. The summed E-state index contributed by atoms with van der Waals surface area (Å²) >= 11 is 6.89. The SMILES string of the molecule is CCOC(CCCCBr)OC(CCCCBr)OCC. The molecule has 2 atom stereocenters. The maximum absolute atomic E-state index is 5.95. The molecule has 0 saturated carbocycles. The van der Waals surface area contributed by atoms with Gasteiger partial charge in [-0.2, -0.15) is 0 Å². The number of rotatable bonds is 14. The summed E-state index contributed by atoms with van der Waals surface area (Å²) in [7, 11) is 0. The van der Waals surface area contributed by atoms with Crippen molar-refractivity contribution in [1.29, 1.82) is 0 Å². The van der Waals surface area contributed by atoms with E-state index < -0.39 is 0 Å². The van der Waals surface area contributed by atoms with Crippen molar-refractivity contribution < 1.29 is 14.2 Å². The molecule has 0 aromatic rings. The van der Waals surface area contributed by atoms with Crippen molar-refractivity contribution >= 4 is 31.9 Å². The van der Waals surface area contributed by atoms with E-state index in [0.717, 1.165) is 49.2 Å².